The average Bonchev–Trinajstić information content (AvgIpc) is 3.24. The van der Waals surface area contributed by atoms with Gasteiger partial charge in [0, 0.05) is 18.7 Å². The standard InChI is InChI=1S/C16H18N2O/c1-12-5-9-15(10-6-12)19-16-4-2-3-14(18-16)11-17-13-7-8-13/h2-6,9-10,13,17H,7-8,11H2,1H3. The summed E-state index contributed by atoms with van der Waals surface area (Å²) in [6.07, 6.45) is 2.58. The second kappa shape index (κ2) is 5.41. The van der Waals surface area contributed by atoms with Crippen molar-refractivity contribution >= 4 is 0 Å². The molecule has 98 valence electrons. The largest absolute Gasteiger partial charge is 0.439 e. The number of nitrogens with one attached hydrogen (secondary N) is 1. The van der Waals surface area contributed by atoms with Crippen LogP contribution in [0.3, 0.4) is 0 Å². The normalized spacial score (nSPS) is 14.4. The van der Waals surface area contributed by atoms with Gasteiger partial charge in [-0.2, -0.15) is 0 Å². The molecule has 0 spiro atoms. The Kier molecular flexibility index (Phi) is 3.47. The van der Waals surface area contributed by atoms with Gasteiger partial charge in [-0.25, -0.2) is 4.98 Å². The number of pyridine rings is 1. The Balaban J connectivity index is 1.66. The van der Waals surface area contributed by atoms with E-state index in [0.29, 0.717) is 11.9 Å². The van der Waals surface area contributed by atoms with Crippen molar-refractivity contribution < 1.29 is 4.74 Å². The molecule has 3 nitrogen and oxygen atoms in total. The first-order valence-corrected chi connectivity index (χ1v) is 6.73. The maximum absolute atomic E-state index is 5.76. The Labute approximate surface area is 113 Å². The second-order valence-electron chi connectivity index (χ2n) is 5.04. The first-order valence-electron chi connectivity index (χ1n) is 6.73. The molecule has 0 unspecified atom stereocenters. The molecule has 0 amide bonds. The maximum atomic E-state index is 5.76. The summed E-state index contributed by atoms with van der Waals surface area (Å²) in [5.41, 5.74) is 2.25. The summed E-state index contributed by atoms with van der Waals surface area (Å²) in [4.78, 5) is 4.51. The molecule has 1 heterocycles. The molecule has 1 aliphatic carbocycles. The van der Waals surface area contributed by atoms with E-state index in [1.54, 1.807) is 0 Å². The molecule has 0 radical (unpaired) electrons. The zero-order valence-corrected chi connectivity index (χ0v) is 11.1. The minimum atomic E-state index is 0.652. The van der Waals surface area contributed by atoms with Crippen molar-refractivity contribution in [2.75, 3.05) is 0 Å². The predicted octanol–water partition coefficient (Wildman–Crippen LogP) is 3.43. The van der Waals surface area contributed by atoms with Gasteiger partial charge < -0.3 is 10.1 Å². The number of benzene rings is 1. The van der Waals surface area contributed by atoms with Crippen molar-refractivity contribution in [1.29, 1.82) is 0 Å². The van der Waals surface area contributed by atoms with Gasteiger partial charge in [-0.1, -0.05) is 23.8 Å². The summed E-state index contributed by atoms with van der Waals surface area (Å²) in [7, 11) is 0. The lowest BCUT2D eigenvalue weighted by Crippen LogP contribution is -2.16. The van der Waals surface area contributed by atoms with Gasteiger partial charge in [-0.05, 0) is 38.0 Å². The molecule has 19 heavy (non-hydrogen) atoms. The fourth-order valence-electron chi connectivity index (χ4n) is 1.88. The molecule has 0 atom stereocenters. The highest BCUT2D eigenvalue weighted by Gasteiger charge is 2.20. The minimum Gasteiger partial charge on any atom is -0.439 e. The fraction of sp³-hybridized carbons (Fsp3) is 0.312. The molecule has 0 bridgehead atoms. The molecule has 1 N–H and O–H groups in total. The van der Waals surface area contributed by atoms with E-state index < -0.39 is 0 Å². The molecule has 3 rings (SSSR count). The SMILES string of the molecule is Cc1ccc(Oc2cccc(CNC3CC3)n2)cc1. The highest BCUT2D eigenvalue weighted by Crippen LogP contribution is 2.21. The van der Waals surface area contributed by atoms with E-state index in [0.717, 1.165) is 18.0 Å². The molecule has 1 aliphatic rings. The van der Waals surface area contributed by atoms with Crippen LogP contribution >= 0.6 is 0 Å². The fourth-order valence-corrected chi connectivity index (χ4v) is 1.88. The van der Waals surface area contributed by atoms with Gasteiger partial charge in [-0.15, -0.1) is 0 Å². The summed E-state index contributed by atoms with van der Waals surface area (Å²) in [6, 6.07) is 14.6. The van der Waals surface area contributed by atoms with Crippen LogP contribution in [0.25, 0.3) is 0 Å². The molecule has 1 fully saturated rings. The number of hydrogen-bond acceptors (Lipinski definition) is 3. The van der Waals surface area contributed by atoms with Gasteiger partial charge in [0.25, 0.3) is 0 Å². The molecule has 1 saturated carbocycles. The van der Waals surface area contributed by atoms with Crippen LogP contribution in [-0.4, -0.2) is 11.0 Å². The quantitative estimate of drug-likeness (QED) is 0.887. The smallest absolute Gasteiger partial charge is 0.219 e. The molecule has 1 aromatic carbocycles. The van der Waals surface area contributed by atoms with Crippen LogP contribution in [0.1, 0.15) is 24.1 Å². The molecular formula is C16H18N2O. The van der Waals surface area contributed by atoms with Gasteiger partial charge in [0.1, 0.15) is 5.75 Å². The van der Waals surface area contributed by atoms with E-state index in [4.69, 9.17) is 4.74 Å². The number of rotatable bonds is 5. The van der Waals surface area contributed by atoms with E-state index in [1.807, 2.05) is 42.5 Å². The molecule has 0 aliphatic heterocycles. The molecule has 3 heteroatoms. The predicted molar refractivity (Wildman–Crippen MR) is 75.4 cm³/mol. The van der Waals surface area contributed by atoms with Crippen molar-refractivity contribution in [2.24, 2.45) is 0 Å². The molecule has 0 saturated heterocycles. The Morgan fingerprint density at radius 1 is 1.16 bits per heavy atom. The minimum absolute atomic E-state index is 0.652. The van der Waals surface area contributed by atoms with E-state index in [1.165, 1.54) is 18.4 Å². The summed E-state index contributed by atoms with van der Waals surface area (Å²) in [5, 5.41) is 3.45. The average molecular weight is 254 g/mol. The third-order valence-electron chi connectivity index (χ3n) is 3.17. The summed E-state index contributed by atoms with van der Waals surface area (Å²) >= 11 is 0. The number of nitrogens with zero attached hydrogens (tertiary/aromatic N) is 1. The zero-order valence-electron chi connectivity index (χ0n) is 11.1. The Morgan fingerprint density at radius 2 is 1.95 bits per heavy atom. The summed E-state index contributed by atoms with van der Waals surface area (Å²) < 4.78 is 5.76. The van der Waals surface area contributed by atoms with E-state index in [9.17, 15) is 0 Å². The van der Waals surface area contributed by atoms with E-state index in [2.05, 4.69) is 17.2 Å². The Morgan fingerprint density at radius 3 is 2.68 bits per heavy atom. The van der Waals surface area contributed by atoms with Gasteiger partial charge >= 0.3 is 0 Å². The Hall–Kier alpha value is -1.87. The number of ether oxygens (including phenoxy) is 1. The van der Waals surface area contributed by atoms with Crippen molar-refractivity contribution in [2.45, 2.75) is 32.4 Å². The van der Waals surface area contributed by atoms with Crippen molar-refractivity contribution in [1.82, 2.24) is 10.3 Å². The van der Waals surface area contributed by atoms with Crippen LogP contribution in [-0.2, 0) is 6.54 Å². The zero-order chi connectivity index (χ0) is 13.1. The van der Waals surface area contributed by atoms with Crippen LogP contribution in [0.2, 0.25) is 0 Å². The van der Waals surface area contributed by atoms with Gasteiger partial charge in [0.2, 0.25) is 5.88 Å². The lowest BCUT2D eigenvalue weighted by Gasteiger charge is -2.07. The summed E-state index contributed by atoms with van der Waals surface area (Å²) in [6.45, 7) is 2.88. The van der Waals surface area contributed by atoms with Gasteiger partial charge in [-0.3, -0.25) is 0 Å². The van der Waals surface area contributed by atoms with Gasteiger partial charge in [0.05, 0.1) is 5.69 Å². The highest BCUT2D eigenvalue weighted by atomic mass is 16.5. The lowest BCUT2D eigenvalue weighted by molar-refractivity contribution is 0.459. The van der Waals surface area contributed by atoms with Crippen LogP contribution in [0.4, 0.5) is 0 Å². The monoisotopic (exact) mass is 254 g/mol. The second-order valence-corrected chi connectivity index (χ2v) is 5.04. The first kappa shape index (κ1) is 12.2. The van der Waals surface area contributed by atoms with E-state index >= 15 is 0 Å². The number of aryl methyl sites for hydroxylation is 1. The van der Waals surface area contributed by atoms with Crippen LogP contribution in [0, 0.1) is 6.92 Å². The number of hydrogen-bond donors (Lipinski definition) is 1. The first-order chi connectivity index (χ1) is 9.29. The maximum Gasteiger partial charge on any atom is 0.219 e. The lowest BCUT2D eigenvalue weighted by atomic mass is 10.2. The van der Waals surface area contributed by atoms with Crippen molar-refractivity contribution in [3.8, 4) is 11.6 Å². The Bertz CT molecular complexity index is 547. The molecule has 1 aromatic heterocycles. The third kappa shape index (κ3) is 3.55. The van der Waals surface area contributed by atoms with Crippen LogP contribution in [0.5, 0.6) is 11.6 Å². The highest BCUT2D eigenvalue weighted by molar-refractivity contribution is 5.30. The van der Waals surface area contributed by atoms with Crippen molar-refractivity contribution in [3.05, 3.63) is 53.7 Å². The summed E-state index contributed by atoms with van der Waals surface area (Å²) in [5.74, 6) is 1.48. The van der Waals surface area contributed by atoms with Gasteiger partial charge in [0.15, 0.2) is 0 Å². The van der Waals surface area contributed by atoms with Crippen LogP contribution in [0.15, 0.2) is 42.5 Å². The van der Waals surface area contributed by atoms with Crippen molar-refractivity contribution in [3.63, 3.8) is 0 Å². The van der Waals surface area contributed by atoms with E-state index in [-0.39, 0.29) is 0 Å². The topological polar surface area (TPSA) is 34.1 Å². The van der Waals surface area contributed by atoms with Crippen LogP contribution < -0.4 is 10.1 Å². The third-order valence-corrected chi connectivity index (χ3v) is 3.17. The molecular weight excluding hydrogens is 236 g/mol. The number of aromatic nitrogens is 1. The molecule has 2 aromatic rings.